The van der Waals surface area contributed by atoms with E-state index in [1.807, 2.05) is 36.4 Å². The van der Waals surface area contributed by atoms with Crippen molar-refractivity contribution in [1.82, 2.24) is 4.90 Å². The molecular weight excluding hydrogens is 326 g/mol. The van der Waals surface area contributed by atoms with Crippen molar-refractivity contribution in [2.45, 2.75) is 51.2 Å². The zero-order valence-corrected chi connectivity index (χ0v) is 15.1. The molecule has 1 heterocycles. The van der Waals surface area contributed by atoms with Crippen LogP contribution in [0.25, 0.3) is 0 Å². The number of rotatable bonds is 6. The van der Waals surface area contributed by atoms with Crippen LogP contribution in [0, 0.1) is 0 Å². The molecule has 1 unspecified atom stereocenters. The molecule has 4 nitrogen and oxygen atoms in total. The van der Waals surface area contributed by atoms with Gasteiger partial charge >= 0.3 is 0 Å². The van der Waals surface area contributed by atoms with Gasteiger partial charge in [-0.2, -0.15) is 0 Å². The normalized spacial score (nSPS) is 17.3. The lowest BCUT2D eigenvalue weighted by atomic mass is 9.95. The van der Waals surface area contributed by atoms with Gasteiger partial charge in [0.1, 0.15) is 5.75 Å². The number of phenols is 1. The van der Waals surface area contributed by atoms with Crippen molar-refractivity contribution in [3.8, 4) is 5.75 Å². The highest BCUT2D eigenvalue weighted by Crippen LogP contribution is 2.23. The molecule has 2 aromatic carbocycles. The maximum absolute atomic E-state index is 12.8. The summed E-state index contributed by atoms with van der Waals surface area (Å²) in [5.74, 6) is 0.479. The van der Waals surface area contributed by atoms with Gasteiger partial charge in [0.2, 0.25) is 5.91 Å². The summed E-state index contributed by atoms with van der Waals surface area (Å²) in [5, 5.41) is 18.5. The topological polar surface area (TPSA) is 60.8 Å². The molecule has 0 saturated carbocycles. The van der Waals surface area contributed by atoms with Crippen molar-refractivity contribution in [3.05, 3.63) is 65.2 Å². The molecule has 0 aliphatic carbocycles. The summed E-state index contributed by atoms with van der Waals surface area (Å²) in [5.41, 5.74) is 3.06. The minimum atomic E-state index is 0.0275. The highest BCUT2D eigenvalue weighted by Gasteiger charge is 2.26. The number of piperidine rings is 1. The van der Waals surface area contributed by atoms with Crippen LogP contribution in [-0.2, 0) is 24.2 Å². The molecular formula is C22H27NO3. The van der Waals surface area contributed by atoms with Crippen LogP contribution in [0.1, 0.15) is 42.4 Å². The van der Waals surface area contributed by atoms with Crippen LogP contribution in [0.2, 0.25) is 0 Å². The number of hydrogen-bond donors (Lipinski definition) is 2. The molecule has 2 N–H and O–H groups in total. The van der Waals surface area contributed by atoms with Gasteiger partial charge in [-0.05, 0) is 60.9 Å². The number of aryl methyl sites for hydroxylation is 1. The summed E-state index contributed by atoms with van der Waals surface area (Å²) in [6.07, 6.45) is 5.61. The van der Waals surface area contributed by atoms with Crippen LogP contribution in [-0.4, -0.2) is 33.6 Å². The van der Waals surface area contributed by atoms with Crippen LogP contribution in [0.15, 0.2) is 48.5 Å². The Morgan fingerprint density at radius 3 is 2.31 bits per heavy atom. The van der Waals surface area contributed by atoms with E-state index < -0.39 is 0 Å². The van der Waals surface area contributed by atoms with E-state index in [1.165, 1.54) is 12.0 Å². The molecule has 2 aromatic rings. The number of likely N-dealkylation sites (tertiary alicyclic amines) is 1. The molecule has 138 valence electrons. The van der Waals surface area contributed by atoms with Gasteiger partial charge in [0.15, 0.2) is 0 Å². The molecule has 1 atom stereocenters. The SMILES string of the molecule is O=C(Cc1ccc(CO)cc1)N1CCCCC1CCc1ccc(O)cc1. The summed E-state index contributed by atoms with van der Waals surface area (Å²) in [6.45, 7) is 0.869. The lowest BCUT2D eigenvalue weighted by molar-refractivity contribution is -0.134. The second kappa shape index (κ2) is 8.86. The second-order valence-corrected chi connectivity index (χ2v) is 7.09. The first-order chi connectivity index (χ1) is 12.7. The number of amides is 1. The molecule has 0 bridgehead atoms. The summed E-state index contributed by atoms with van der Waals surface area (Å²) in [6, 6.07) is 15.2. The molecule has 0 spiro atoms. The Morgan fingerprint density at radius 2 is 1.62 bits per heavy atom. The Kier molecular flexibility index (Phi) is 6.29. The van der Waals surface area contributed by atoms with E-state index in [4.69, 9.17) is 5.11 Å². The van der Waals surface area contributed by atoms with E-state index in [0.717, 1.165) is 43.4 Å². The minimum Gasteiger partial charge on any atom is -0.508 e. The highest BCUT2D eigenvalue weighted by molar-refractivity contribution is 5.79. The van der Waals surface area contributed by atoms with E-state index in [-0.39, 0.29) is 18.3 Å². The number of aliphatic hydroxyl groups is 1. The van der Waals surface area contributed by atoms with E-state index in [2.05, 4.69) is 4.90 Å². The van der Waals surface area contributed by atoms with Gasteiger partial charge < -0.3 is 15.1 Å². The monoisotopic (exact) mass is 353 g/mol. The molecule has 4 heteroatoms. The Morgan fingerprint density at radius 1 is 0.962 bits per heavy atom. The Balaban J connectivity index is 1.59. The van der Waals surface area contributed by atoms with Gasteiger partial charge in [-0.3, -0.25) is 4.79 Å². The maximum Gasteiger partial charge on any atom is 0.227 e. The first-order valence-electron chi connectivity index (χ1n) is 9.42. The first kappa shape index (κ1) is 18.5. The number of hydrogen-bond acceptors (Lipinski definition) is 3. The fourth-order valence-electron chi connectivity index (χ4n) is 3.66. The molecule has 3 rings (SSSR count). The number of phenolic OH excluding ortho intramolecular Hbond substituents is 1. The van der Waals surface area contributed by atoms with Crippen molar-refractivity contribution in [2.75, 3.05) is 6.54 Å². The van der Waals surface area contributed by atoms with E-state index in [0.29, 0.717) is 12.5 Å². The van der Waals surface area contributed by atoms with Crippen LogP contribution in [0.5, 0.6) is 5.75 Å². The van der Waals surface area contributed by atoms with E-state index in [9.17, 15) is 9.90 Å². The molecule has 1 amide bonds. The van der Waals surface area contributed by atoms with Crippen LogP contribution < -0.4 is 0 Å². The number of aliphatic hydroxyl groups excluding tert-OH is 1. The average Bonchev–Trinajstić information content (AvgIpc) is 2.68. The third kappa shape index (κ3) is 4.85. The largest absolute Gasteiger partial charge is 0.508 e. The summed E-state index contributed by atoms with van der Waals surface area (Å²) < 4.78 is 0. The maximum atomic E-state index is 12.8. The molecule has 0 radical (unpaired) electrons. The lowest BCUT2D eigenvalue weighted by Gasteiger charge is -2.36. The second-order valence-electron chi connectivity index (χ2n) is 7.09. The predicted octanol–water partition coefficient (Wildman–Crippen LogP) is 3.44. The zero-order valence-electron chi connectivity index (χ0n) is 15.1. The van der Waals surface area contributed by atoms with Gasteiger partial charge in [-0.25, -0.2) is 0 Å². The average molecular weight is 353 g/mol. The summed E-state index contributed by atoms with van der Waals surface area (Å²) >= 11 is 0. The highest BCUT2D eigenvalue weighted by atomic mass is 16.3. The van der Waals surface area contributed by atoms with Gasteiger partial charge in [-0.1, -0.05) is 36.4 Å². The smallest absolute Gasteiger partial charge is 0.227 e. The lowest BCUT2D eigenvalue weighted by Crippen LogP contribution is -2.44. The molecule has 0 aromatic heterocycles. The Hall–Kier alpha value is -2.33. The first-order valence-corrected chi connectivity index (χ1v) is 9.42. The third-order valence-corrected chi connectivity index (χ3v) is 5.21. The quantitative estimate of drug-likeness (QED) is 0.836. The summed E-state index contributed by atoms with van der Waals surface area (Å²) in [4.78, 5) is 14.9. The fraction of sp³-hybridized carbons (Fsp3) is 0.409. The minimum absolute atomic E-state index is 0.0275. The summed E-state index contributed by atoms with van der Waals surface area (Å²) in [7, 11) is 0. The Bertz CT molecular complexity index is 709. The number of benzene rings is 2. The molecule has 1 saturated heterocycles. The molecule has 1 aliphatic heterocycles. The fourth-order valence-corrected chi connectivity index (χ4v) is 3.66. The van der Waals surface area contributed by atoms with Crippen molar-refractivity contribution in [1.29, 1.82) is 0 Å². The third-order valence-electron chi connectivity index (χ3n) is 5.21. The van der Waals surface area contributed by atoms with Crippen LogP contribution >= 0.6 is 0 Å². The van der Waals surface area contributed by atoms with Crippen molar-refractivity contribution >= 4 is 5.91 Å². The zero-order chi connectivity index (χ0) is 18.4. The van der Waals surface area contributed by atoms with Crippen LogP contribution in [0.3, 0.4) is 0 Å². The van der Waals surface area contributed by atoms with Crippen LogP contribution in [0.4, 0.5) is 0 Å². The van der Waals surface area contributed by atoms with Crippen molar-refractivity contribution in [3.63, 3.8) is 0 Å². The van der Waals surface area contributed by atoms with Gasteiger partial charge in [0, 0.05) is 12.6 Å². The predicted molar refractivity (Wildman–Crippen MR) is 102 cm³/mol. The molecule has 1 fully saturated rings. The number of nitrogens with zero attached hydrogens (tertiary/aromatic N) is 1. The van der Waals surface area contributed by atoms with Gasteiger partial charge in [0.05, 0.1) is 13.0 Å². The van der Waals surface area contributed by atoms with Crippen molar-refractivity contribution < 1.29 is 15.0 Å². The van der Waals surface area contributed by atoms with Crippen molar-refractivity contribution in [2.24, 2.45) is 0 Å². The van der Waals surface area contributed by atoms with Gasteiger partial charge in [0.25, 0.3) is 0 Å². The van der Waals surface area contributed by atoms with E-state index >= 15 is 0 Å². The van der Waals surface area contributed by atoms with Gasteiger partial charge in [-0.15, -0.1) is 0 Å². The number of carbonyl (C=O) groups is 1. The molecule has 1 aliphatic rings. The number of aromatic hydroxyl groups is 1. The van der Waals surface area contributed by atoms with E-state index in [1.54, 1.807) is 12.1 Å². The number of carbonyl (C=O) groups excluding carboxylic acids is 1. The Labute approximate surface area is 155 Å². The molecule has 26 heavy (non-hydrogen) atoms. The standard InChI is InChI=1S/C22H27NO3/c24-16-19-6-4-18(5-7-19)15-22(26)23-14-2-1-3-20(23)11-8-17-9-12-21(25)13-10-17/h4-7,9-10,12-13,20,24-25H,1-3,8,11,14-16H2.